The number of hydrogen-bond donors (Lipinski definition) is 2. The van der Waals surface area contributed by atoms with Crippen LogP contribution in [0.4, 0.5) is 8.78 Å². The summed E-state index contributed by atoms with van der Waals surface area (Å²) in [7, 11) is 0. The molecular formula is C28H23F2N3O7. The fourth-order valence-corrected chi connectivity index (χ4v) is 4.66. The van der Waals surface area contributed by atoms with Gasteiger partial charge in [0.15, 0.2) is 17.7 Å². The Kier molecular flexibility index (Phi) is 7.32. The maximum absolute atomic E-state index is 13.7. The van der Waals surface area contributed by atoms with E-state index in [1.54, 1.807) is 6.07 Å². The van der Waals surface area contributed by atoms with Crippen molar-refractivity contribution in [2.24, 2.45) is 0 Å². The average molecular weight is 552 g/mol. The number of carboxylic acids is 1. The fraction of sp³-hybridized carbons (Fsp3) is 0.214. The van der Waals surface area contributed by atoms with Crippen LogP contribution >= 0.6 is 0 Å². The first-order chi connectivity index (χ1) is 19.2. The maximum atomic E-state index is 13.7. The molecule has 2 N–H and O–H groups in total. The molecule has 2 heterocycles. The van der Waals surface area contributed by atoms with Gasteiger partial charge >= 0.3 is 5.97 Å². The van der Waals surface area contributed by atoms with E-state index in [0.717, 1.165) is 29.2 Å². The van der Waals surface area contributed by atoms with Crippen molar-refractivity contribution < 1.29 is 42.5 Å². The van der Waals surface area contributed by atoms with E-state index < -0.39 is 54.0 Å². The third-order valence-corrected chi connectivity index (χ3v) is 6.61. The minimum atomic E-state index is -1.47. The summed E-state index contributed by atoms with van der Waals surface area (Å²) in [5.74, 6) is -3.55. The third kappa shape index (κ3) is 5.41. The van der Waals surface area contributed by atoms with Crippen LogP contribution in [0.1, 0.15) is 38.7 Å². The summed E-state index contributed by atoms with van der Waals surface area (Å²) in [6, 6.07) is 13.1. The second kappa shape index (κ2) is 11.0. The number of ether oxygens (including phenoxy) is 2. The largest absolute Gasteiger partial charge is 0.481 e. The van der Waals surface area contributed by atoms with Gasteiger partial charge in [0.05, 0.1) is 12.5 Å². The number of benzene rings is 3. The van der Waals surface area contributed by atoms with Crippen LogP contribution in [0.5, 0.6) is 11.5 Å². The Morgan fingerprint density at radius 2 is 1.38 bits per heavy atom. The van der Waals surface area contributed by atoms with Gasteiger partial charge in [-0.15, -0.1) is 0 Å². The first-order valence-corrected chi connectivity index (χ1v) is 12.3. The molecule has 3 aromatic rings. The van der Waals surface area contributed by atoms with Crippen LogP contribution in [0.2, 0.25) is 0 Å². The highest BCUT2D eigenvalue weighted by molar-refractivity contribution is 6.02. The number of amides is 3. The predicted octanol–water partition coefficient (Wildman–Crippen LogP) is 2.95. The molecule has 2 aliphatic heterocycles. The minimum absolute atomic E-state index is 0.00395. The van der Waals surface area contributed by atoms with Crippen molar-refractivity contribution in [3.05, 3.63) is 95.1 Å². The molecule has 206 valence electrons. The number of hydrogen-bond acceptors (Lipinski definition) is 6. The zero-order valence-corrected chi connectivity index (χ0v) is 20.9. The summed E-state index contributed by atoms with van der Waals surface area (Å²) in [4.78, 5) is 54.7. The number of carbonyl (C=O) groups is 4. The van der Waals surface area contributed by atoms with Gasteiger partial charge in [-0.25, -0.2) is 8.78 Å². The molecule has 5 rings (SSSR count). The Morgan fingerprint density at radius 3 is 2.00 bits per heavy atom. The second-order valence-corrected chi connectivity index (χ2v) is 9.16. The van der Waals surface area contributed by atoms with Crippen LogP contribution in [0.15, 0.2) is 66.7 Å². The lowest BCUT2D eigenvalue weighted by molar-refractivity contribution is -0.138. The molecule has 0 aliphatic carbocycles. The molecule has 2 unspecified atom stereocenters. The fourth-order valence-electron chi connectivity index (χ4n) is 4.66. The number of fused-ring (bicyclic) bond motifs is 1. The molecule has 2 atom stereocenters. The highest BCUT2D eigenvalue weighted by Gasteiger charge is 2.44. The molecular weight excluding hydrogens is 528 g/mol. The molecule has 0 saturated carbocycles. The lowest BCUT2D eigenvalue weighted by atomic mass is 10.0. The van der Waals surface area contributed by atoms with Crippen molar-refractivity contribution in [3.63, 3.8) is 0 Å². The molecule has 40 heavy (non-hydrogen) atoms. The van der Waals surface area contributed by atoms with Crippen LogP contribution in [0.3, 0.4) is 0 Å². The quantitative estimate of drug-likeness (QED) is 0.463. The predicted molar refractivity (Wildman–Crippen MR) is 134 cm³/mol. The highest BCUT2D eigenvalue weighted by Crippen LogP contribution is 2.33. The zero-order chi connectivity index (χ0) is 28.4. The van der Waals surface area contributed by atoms with Gasteiger partial charge in [0, 0.05) is 24.2 Å². The number of nitrogens with one attached hydrogen (secondary N) is 1. The Balaban J connectivity index is 1.47. The Bertz CT molecular complexity index is 1460. The van der Waals surface area contributed by atoms with Crippen LogP contribution in [0, 0.1) is 11.6 Å². The average Bonchev–Trinajstić information content (AvgIpc) is 3.59. The van der Waals surface area contributed by atoms with E-state index in [9.17, 15) is 33.1 Å². The van der Waals surface area contributed by atoms with E-state index in [4.69, 9.17) is 9.47 Å². The van der Waals surface area contributed by atoms with Gasteiger partial charge in [0.2, 0.25) is 6.79 Å². The first-order valence-electron chi connectivity index (χ1n) is 12.3. The number of carboxylic acid groups (broad SMARTS) is 1. The SMILES string of the molecule is O=C(O)CC(NC(=O)C1N(C(=O)c2ccc(F)cc2)CCN1C(=O)c1ccc2c(c1)OCO2)c1ccc(F)cc1. The Hall–Kier alpha value is -5.00. The minimum Gasteiger partial charge on any atom is -0.481 e. The molecule has 0 bridgehead atoms. The van der Waals surface area contributed by atoms with Crippen molar-refractivity contribution in [2.75, 3.05) is 19.9 Å². The van der Waals surface area contributed by atoms with Crippen molar-refractivity contribution >= 4 is 23.7 Å². The zero-order valence-electron chi connectivity index (χ0n) is 20.9. The van der Waals surface area contributed by atoms with Crippen LogP contribution in [-0.2, 0) is 9.59 Å². The van der Waals surface area contributed by atoms with Gasteiger partial charge in [-0.05, 0) is 60.2 Å². The lowest BCUT2D eigenvalue weighted by Gasteiger charge is -2.31. The first kappa shape index (κ1) is 26.6. The normalized spacial score (nSPS) is 16.5. The van der Waals surface area contributed by atoms with Gasteiger partial charge in [-0.1, -0.05) is 12.1 Å². The number of rotatable bonds is 7. The van der Waals surface area contributed by atoms with E-state index in [2.05, 4.69) is 5.32 Å². The summed E-state index contributed by atoms with van der Waals surface area (Å²) < 4.78 is 37.6. The molecule has 3 amide bonds. The summed E-state index contributed by atoms with van der Waals surface area (Å²) >= 11 is 0. The van der Waals surface area contributed by atoms with E-state index in [1.165, 1.54) is 41.3 Å². The van der Waals surface area contributed by atoms with Crippen LogP contribution in [0.25, 0.3) is 0 Å². The van der Waals surface area contributed by atoms with Gasteiger partial charge < -0.3 is 29.7 Å². The van der Waals surface area contributed by atoms with Crippen LogP contribution in [-0.4, -0.2) is 64.6 Å². The van der Waals surface area contributed by atoms with Crippen molar-refractivity contribution in [1.29, 1.82) is 0 Å². The molecule has 0 spiro atoms. The van der Waals surface area contributed by atoms with Gasteiger partial charge in [-0.3, -0.25) is 19.2 Å². The summed E-state index contributed by atoms with van der Waals surface area (Å²) in [5, 5.41) is 12.1. The molecule has 12 heteroatoms. The second-order valence-electron chi connectivity index (χ2n) is 9.16. The molecule has 0 aromatic heterocycles. The Morgan fingerprint density at radius 1 is 0.825 bits per heavy atom. The van der Waals surface area contributed by atoms with E-state index in [-0.39, 0.29) is 31.0 Å². The number of halogens is 2. The van der Waals surface area contributed by atoms with E-state index >= 15 is 0 Å². The topological polar surface area (TPSA) is 125 Å². The van der Waals surface area contributed by atoms with Crippen molar-refractivity contribution in [2.45, 2.75) is 18.6 Å². The van der Waals surface area contributed by atoms with E-state index in [0.29, 0.717) is 17.1 Å². The smallest absolute Gasteiger partial charge is 0.305 e. The molecule has 3 aromatic carbocycles. The third-order valence-electron chi connectivity index (χ3n) is 6.61. The van der Waals surface area contributed by atoms with Gasteiger partial charge in [0.1, 0.15) is 11.6 Å². The molecule has 10 nitrogen and oxygen atoms in total. The summed E-state index contributed by atoms with van der Waals surface area (Å²) in [5.41, 5.74) is 0.594. The highest BCUT2D eigenvalue weighted by atomic mass is 19.1. The number of nitrogens with zero attached hydrogens (tertiary/aromatic N) is 2. The molecule has 1 fully saturated rings. The van der Waals surface area contributed by atoms with Gasteiger partial charge in [0.25, 0.3) is 17.7 Å². The number of carbonyl (C=O) groups excluding carboxylic acids is 3. The summed E-state index contributed by atoms with van der Waals surface area (Å²) in [6.07, 6.45) is -2.00. The monoisotopic (exact) mass is 551 g/mol. The van der Waals surface area contributed by atoms with Crippen LogP contribution < -0.4 is 14.8 Å². The van der Waals surface area contributed by atoms with Crippen molar-refractivity contribution in [3.8, 4) is 11.5 Å². The van der Waals surface area contributed by atoms with Crippen molar-refractivity contribution in [1.82, 2.24) is 15.1 Å². The van der Waals surface area contributed by atoms with Gasteiger partial charge in [-0.2, -0.15) is 0 Å². The standard InChI is InChI=1S/C28H23F2N3O7/c29-19-6-1-16(2-7-19)21(14-24(34)35)31-25(36)26-32(27(37)17-3-8-20(30)9-4-17)11-12-33(26)28(38)18-5-10-22-23(13-18)40-15-39-22/h1-10,13,21,26H,11-12,14-15H2,(H,31,36)(H,34,35). The number of aliphatic carboxylic acids is 1. The summed E-state index contributed by atoms with van der Waals surface area (Å²) in [6.45, 7) is -0.0425. The molecule has 2 aliphatic rings. The Labute approximate surface area is 226 Å². The maximum Gasteiger partial charge on any atom is 0.305 e. The molecule has 1 saturated heterocycles. The van der Waals surface area contributed by atoms with E-state index in [1.807, 2.05) is 0 Å². The molecule has 0 radical (unpaired) electrons. The lowest BCUT2D eigenvalue weighted by Crippen LogP contribution is -2.54.